The van der Waals surface area contributed by atoms with E-state index in [1.165, 1.54) is 13.2 Å². The molecule has 1 unspecified atom stereocenters. The fourth-order valence-electron chi connectivity index (χ4n) is 3.28. The second kappa shape index (κ2) is 9.68. The Hall–Kier alpha value is -3.41. The molecule has 2 aromatic carbocycles. The van der Waals surface area contributed by atoms with E-state index < -0.39 is 5.97 Å². The predicted molar refractivity (Wildman–Crippen MR) is 111 cm³/mol. The normalized spacial score (nSPS) is 16.4. The first-order valence-corrected chi connectivity index (χ1v) is 9.58. The molecule has 6 heteroatoms. The van der Waals surface area contributed by atoms with Crippen molar-refractivity contribution in [1.29, 1.82) is 0 Å². The Balaban J connectivity index is 1.57. The highest BCUT2D eigenvalue weighted by Gasteiger charge is 2.27. The summed E-state index contributed by atoms with van der Waals surface area (Å²) in [6, 6.07) is 16.1. The van der Waals surface area contributed by atoms with Crippen LogP contribution in [0.3, 0.4) is 0 Å². The number of para-hydroxylation sites is 1. The highest BCUT2D eigenvalue weighted by Crippen LogP contribution is 2.19. The Labute approximate surface area is 170 Å². The van der Waals surface area contributed by atoms with Crippen molar-refractivity contribution in [3.05, 3.63) is 71.8 Å². The fraction of sp³-hybridized carbons (Fsp3) is 0.261. The molecule has 0 aromatic heterocycles. The van der Waals surface area contributed by atoms with E-state index in [2.05, 4.69) is 10.1 Å². The summed E-state index contributed by atoms with van der Waals surface area (Å²) in [5.74, 6) is -0.805. The lowest BCUT2D eigenvalue weighted by Gasteiger charge is -2.31. The second-order valence-electron chi connectivity index (χ2n) is 6.93. The van der Waals surface area contributed by atoms with Gasteiger partial charge < -0.3 is 15.0 Å². The van der Waals surface area contributed by atoms with Gasteiger partial charge in [-0.3, -0.25) is 9.59 Å². The molecule has 1 saturated heterocycles. The van der Waals surface area contributed by atoms with Crippen molar-refractivity contribution in [1.82, 2.24) is 4.90 Å². The van der Waals surface area contributed by atoms with Crippen LogP contribution in [0, 0.1) is 5.92 Å². The SMILES string of the molecule is COC(=O)c1ccc(/C=C/C(=O)N2CCCC(C(=O)Nc3ccccc3)C2)cc1. The number of nitrogens with zero attached hydrogens (tertiary/aromatic N) is 1. The summed E-state index contributed by atoms with van der Waals surface area (Å²) in [7, 11) is 1.33. The summed E-state index contributed by atoms with van der Waals surface area (Å²) in [6.45, 7) is 1.04. The molecule has 0 saturated carbocycles. The second-order valence-corrected chi connectivity index (χ2v) is 6.93. The number of ether oxygens (including phenoxy) is 1. The van der Waals surface area contributed by atoms with Gasteiger partial charge in [-0.05, 0) is 48.7 Å². The number of benzene rings is 2. The standard InChI is InChI=1S/C23H24N2O4/c1-29-23(28)18-12-9-17(10-13-18)11-14-21(26)25-15-5-6-19(16-25)22(27)24-20-7-3-2-4-8-20/h2-4,7-14,19H,5-6,15-16H2,1H3,(H,24,27)/b14-11+. The van der Waals surface area contributed by atoms with Crippen molar-refractivity contribution < 1.29 is 19.1 Å². The average molecular weight is 392 g/mol. The monoisotopic (exact) mass is 392 g/mol. The number of likely N-dealkylation sites (tertiary alicyclic amines) is 1. The van der Waals surface area contributed by atoms with Crippen LogP contribution in [-0.4, -0.2) is 42.9 Å². The first kappa shape index (κ1) is 20.3. The predicted octanol–water partition coefficient (Wildman–Crippen LogP) is 3.36. The lowest BCUT2D eigenvalue weighted by atomic mass is 9.97. The van der Waals surface area contributed by atoms with Crippen LogP contribution in [0.2, 0.25) is 0 Å². The van der Waals surface area contributed by atoms with E-state index in [-0.39, 0.29) is 17.7 Å². The molecule has 2 amide bonds. The number of piperidine rings is 1. The zero-order chi connectivity index (χ0) is 20.6. The van der Waals surface area contributed by atoms with Gasteiger partial charge in [-0.2, -0.15) is 0 Å². The summed E-state index contributed by atoms with van der Waals surface area (Å²) >= 11 is 0. The topological polar surface area (TPSA) is 75.7 Å². The number of anilines is 1. The van der Waals surface area contributed by atoms with Gasteiger partial charge in [0.15, 0.2) is 0 Å². The number of nitrogens with one attached hydrogen (secondary N) is 1. The van der Waals surface area contributed by atoms with E-state index in [0.29, 0.717) is 18.7 Å². The fourth-order valence-corrected chi connectivity index (χ4v) is 3.28. The maximum Gasteiger partial charge on any atom is 0.337 e. The summed E-state index contributed by atoms with van der Waals surface area (Å²) in [5.41, 5.74) is 2.02. The van der Waals surface area contributed by atoms with Crippen LogP contribution >= 0.6 is 0 Å². The highest BCUT2D eigenvalue weighted by atomic mass is 16.5. The molecule has 1 aliphatic rings. The molecular weight excluding hydrogens is 368 g/mol. The van der Waals surface area contributed by atoms with Crippen LogP contribution in [0.1, 0.15) is 28.8 Å². The summed E-state index contributed by atoms with van der Waals surface area (Å²) < 4.78 is 4.67. The third-order valence-corrected chi connectivity index (χ3v) is 4.90. The molecule has 1 N–H and O–H groups in total. The maximum atomic E-state index is 12.6. The van der Waals surface area contributed by atoms with Crippen LogP contribution in [0.25, 0.3) is 6.08 Å². The van der Waals surface area contributed by atoms with E-state index in [1.54, 1.807) is 35.2 Å². The molecule has 2 aromatic rings. The quantitative estimate of drug-likeness (QED) is 0.625. The van der Waals surface area contributed by atoms with Gasteiger partial charge >= 0.3 is 5.97 Å². The van der Waals surface area contributed by atoms with Crippen molar-refractivity contribution in [2.24, 2.45) is 5.92 Å². The summed E-state index contributed by atoms with van der Waals surface area (Å²) in [5, 5.41) is 2.92. The first-order valence-electron chi connectivity index (χ1n) is 9.58. The number of hydrogen-bond donors (Lipinski definition) is 1. The lowest BCUT2D eigenvalue weighted by molar-refractivity contribution is -0.130. The molecule has 0 aliphatic carbocycles. The van der Waals surface area contributed by atoms with Crippen molar-refractivity contribution >= 4 is 29.5 Å². The zero-order valence-corrected chi connectivity index (χ0v) is 16.3. The van der Waals surface area contributed by atoms with E-state index in [0.717, 1.165) is 24.1 Å². The van der Waals surface area contributed by atoms with Gasteiger partial charge in [0.2, 0.25) is 11.8 Å². The van der Waals surface area contributed by atoms with Gasteiger partial charge in [0.1, 0.15) is 0 Å². The van der Waals surface area contributed by atoms with E-state index in [9.17, 15) is 14.4 Å². The van der Waals surface area contributed by atoms with Gasteiger partial charge in [-0.1, -0.05) is 30.3 Å². The van der Waals surface area contributed by atoms with E-state index >= 15 is 0 Å². The summed E-state index contributed by atoms with van der Waals surface area (Å²) in [6.07, 6.45) is 4.77. The molecule has 1 heterocycles. The molecule has 3 rings (SSSR count). The maximum absolute atomic E-state index is 12.6. The number of carbonyl (C=O) groups excluding carboxylic acids is 3. The molecular formula is C23H24N2O4. The largest absolute Gasteiger partial charge is 0.465 e. The minimum atomic E-state index is -0.398. The van der Waals surface area contributed by atoms with E-state index in [4.69, 9.17) is 0 Å². The molecule has 1 aliphatic heterocycles. The molecule has 6 nitrogen and oxygen atoms in total. The van der Waals surface area contributed by atoms with Crippen LogP contribution in [-0.2, 0) is 14.3 Å². The van der Waals surface area contributed by atoms with Crippen LogP contribution in [0.5, 0.6) is 0 Å². The van der Waals surface area contributed by atoms with Crippen molar-refractivity contribution in [3.63, 3.8) is 0 Å². The smallest absolute Gasteiger partial charge is 0.337 e. The molecule has 1 atom stereocenters. The number of carbonyl (C=O) groups is 3. The number of amides is 2. The number of hydrogen-bond acceptors (Lipinski definition) is 4. The van der Waals surface area contributed by atoms with Gasteiger partial charge in [0, 0.05) is 24.9 Å². The van der Waals surface area contributed by atoms with Crippen LogP contribution < -0.4 is 5.32 Å². The van der Waals surface area contributed by atoms with Crippen LogP contribution in [0.15, 0.2) is 60.7 Å². The molecule has 0 radical (unpaired) electrons. The van der Waals surface area contributed by atoms with Crippen molar-refractivity contribution in [2.75, 3.05) is 25.5 Å². The summed E-state index contributed by atoms with van der Waals surface area (Å²) in [4.78, 5) is 38.2. The molecule has 0 spiro atoms. The molecule has 29 heavy (non-hydrogen) atoms. The van der Waals surface area contributed by atoms with Gasteiger partial charge in [0.25, 0.3) is 0 Å². The Morgan fingerprint density at radius 2 is 1.79 bits per heavy atom. The average Bonchev–Trinajstić information content (AvgIpc) is 2.78. The molecule has 0 bridgehead atoms. The Morgan fingerprint density at radius 3 is 2.48 bits per heavy atom. The van der Waals surface area contributed by atoms with Gasteiger partial charge in [-0.25, -0.2) is 4.79 Å². The Bertz CT molecular complexity index is 891. The Kier molecular flexibility index (Phi) is 6.79. The number of methoxy groups -OCH3 is 1. The van der Waals surface area contributed by atoms with Gasteiger partial charge in [-0.15, -0.1) is 0 Å². The minimum Gasteiger partial charge on any atom is -0.465 e. The highest BCUT2D eigenvalue weighted by molar-refractivity contribution is 5.95. The number of rotatable bonds is 5. The van der Waals surface area contributed by atoms with Crippen molar-refractivity contribution in [3.8, 4) is 0 Å². The zero-order valence-electron chi connectivity index (χ0n) is 16.3. The molecule has 150 valence electrons. The van der Waals surface area contributed by atoms with E-state index in [1.807, 2.05) is 30.3 Å². The molecule has 1 fully saturated rings. The van der Waals surface area contributed by atoms with Crippen LogP contribution in [0.4, 0.5) is 5.69 Å². The Morgan fingerprint density at radius 1 is 1.07 bits per heavy atom. The minimum absolute atomic E-state index is 0.0592. The van der Waals surface area contributed by atoms with Gasteiger partial charge in [0.05, 0.1) is 18.6 Å². The number of esters is 1. The third kappa shape index (κ3) is 5.54. The van der Waals surface area contributed by atoms with Crippen molar-refractivity contribution in [2.45, 2.75) is 12.8 Å². The first-order chi connectivity index (χ1) is 14.1. The lowest BCUT2D eigenvalue weighted by Crippen LogP contribution is -2.43. The third-order valence-electron chi connectivity index (χ3n) is 4.90.